The molecule has 0 aliphatic heterocycles. The molecule has 192 valence electrons. The molecular formula is C27H37NO7. The number of aromatic hydroxyl groups is 1. The second-order valence-corrected chi connectivity index (χ2v) is 8.70. The number of phenolic OH excluding ortho intramolecular Hbond substituents is 1. The summed E-state index contributed by atoms with van der Waals surface area (Å²) < 4.78 is 0. The number of rotatable bonds is 11. The Morgan fingerprint density at radius 1 is 0.886 bits per heavy atom. The molecule has 35 heavy (non-hydrogen) atoms. The van der Waals surface area contributed by atoms with Crippen LogP contribution in [0.5, 0.6) is 5.75 Å². The fraction of sp³-hybridized carbons (Fsp3) is 0.407. The first-order chi connectivity index (χ1) is 16.5. The van der Waals surface area contributed by atoms with Crippen LogP contribution in [0.25, 0.3) is 0 Å². The van der Waals surface area contributed by atoms with Gasteiger partial charge in [0.25, 0.3) is 0 Å². The third kappa shape index (κ3) is 10.3. The monoisotopic (exact) mass is 487 g/mol. The van der Waals surface area contributed by atoms with E-state index in [1.54, 1.807) is 12.1 Å². The molecule has 2 aromatic rings. The van der Waals surface area contributed by atoms with E-state index in [4.69, 9.17) is 10.2 Å². The van der Waals surface area contributed by atoms with Gasteiger partial charge in [0.1, 0.15) is 11.9 Å². The molecular weight excluding hydrogens is 450 g/mol. The summed E-state index contributed by atoms with van der Waals surface area (Å²) in [6.45, 7) is 9.37. The standard InChI is InChI=1S/C23H33NO3.C4H4O4/c1-16(2)24(17(3)4)13-12-20(18-8-6-5-7-9-18)21-14-19(23(27)15-25)10-11-22(21)26;5-3(6)1-2-4(7)8/h5-11,14,16-17,20,23,25-27H,12-13,15H2,1-4H3;1-2H,(H,5,6)(H,7,8)/b;2-1+/t20-,23-;/m1./s1. The van der Waals surface area contributed by atoms with Crippen LogP contribution in [0, 0.1) is 0 Å². The molecule has 2 atom stereocenters. The van der Waals surface area contributed by atoms with Gasteiger partial charge in [0.15, 0.2) is 0 Å². The van der Waals surface area contributed by atoms with Crippen molar-refractivity contribution in [1.29, 1.82) is 0 Å². The topological polar surface area (TPSA) is 139 Å². The lowest BCUT2D eigenvalue weighted by molar-refractivity contribution is -0.134. The smallest absolute Gasteiger partial charge is 0.328 e. The van der Waals surface area contributed by atoms with Crippen molar-refractivity contribution in [2.45, 2.75) is 58.2 Å². The Bertz CT molecular complexity index is 933. The van der Waals surface area contributed by atoms with E-state index in [-0.39, 0.29) is 18.3 Å². The summed E-state index contributed by atoms with van der Waals surface area (Å²) >= 11 is 0. The van der Waals surface area contributed by atoms with Crippen molar-refractivity contribution >= 4 is 11.9 Å². The number of carboxylic acid groups (broad SMARTS) is 2. The second kappa shape index (κ2) is 14.9. The Hall–Kier alpha value is -3.20. The fourth-order valence-corrected chi connectivity index (χ4v) is 3.89. The Labute approximate surface area is 206 Å². The number of hydrogen-bond donors (Lipinski definition) is 5. The van der Waals surface area contributed by atoms with E-state index in [1.807, 2.05) is 24.3 Å². The summed E-state index contributed by atoms with van der Waals surface area (Å²) in [6, 6.07) is 16.1. The highest BCUT2D eigenvalue weighted by Gasteiger charge is 2.22. The molecule has 0 saturated heterocycles. The highest BCUT2D eigenvalue weighted by Crippen LogP contribution is 2.36. The molecule has 0 spiro atoms. The van der Waals surface area contributed by atoms with Crippen LogP contribution in [-0.4, -0.2) is 67.6 Å². The normalized spacial score (nSPS) is 13.1. The van der Waals surface area contributed by atoms with E-state index in [0.29, 0.717) is 29.8 Å². The number of aliphatic hydroxyl groups excluding tert-OH is 2. The van der Waals surface area contributed by atoms with Crippen molar-refractivity contribution < 1.29 is 35.1 Å². The molecule has 0 bridgehead atoms. The molecule has 0 aromatic heterocycles. The summed E-state index contributed by atoms with van der Waals surface area (Å²) in [5.41, 5.74) is 2.55. The predicted molar refractivity (Wildman–Crippen MR) is 134 cm³/mol. The van der Waals surface area contributed by atoms with Crippen molar-refractivity contribution in [1.82, 2.24) is 4.90 Å². The zero-order valence-corrected chi connectivity index (χ0v) is 20.7. The molecule has 0 fully saturated rings. The highest BCUT2D eigenvalue weighted by molar-refractivity contribution is 5.89. The quantitative estimate of drug-likeness (QED) is 0.302. The largest absolute Gasteiger partial charge is 0.508 e. The predicted octanol–water partition coefficient (Wildman–Crippen LogP) is 3.77. The SMILES string of the molecule is CC(C)N(CC[C@H](c1ccccc1)c1cc([C@H](O)CO)ccc1O)C(C)C.O=C(O)/C=C/C(=O)O. The van der Waals surface area contributed by atoms with Crippen LogP contribution < -0.4 is 0 Å². The molecule has 0 aliphatic rings. The van der Waals surface area contributed by atoms with Crippen LogP contribution >= 0.6 is 0 Å². The van der Waals surface area contributed by atoms with E-state index < -0.39 is 18.0 Å². The van der Waals surface area contributed by atoms with Crippen molar-refractivity contribution in [3.05, 3.63) is 77.4 Å². The molecule has 0 heterocycles. The first-order valence-electron chi connectivity index (χ1n) is 11.5. The summed E-state index contributed by atoms with van der Waals surface area (Å²) in [7, 11) is 0. The zero-order chi connectivity index (χ0) is 26.5. The van der Waals surface area contributed by atoms with Crippen molar-refractivity contribution in [2.75, 3.05) is 13.2 Å². The molecule has 8 heteroatoms. The lowest BCUT2D eigenvalue weighted by Crippen LogP contribution is -2.38. The number of carbonyl (C=O) groups is 2. The second-order valence-electron chi connectivity index (χ2n) is 8.70. The lowest BCUT2D eigenvalue weighted by Gasteiger charge is -2.32. The maximum atomic E-state index is 10.5. The van der Waals surface area contributed by atoms with E-state index in [0.717, 1.165) is 24.1 Å². The van der Waals surface area contributed by atoms with Gasteiger partial charge in [-0.1, -0.05) is 36.4 Å². The molecule has 0 radical (unpaired) electrons. The molecule has 5 N–H and O–H groups in total. The average Bonchev–Trinajstić information content (AvgIpc) is 2.81. The third-order valence-electron chi connectivity index (χ3n) is 5.56. The number of aliphatic carboxylic acids is 2. The van der Waals surface area contributed by atoms with Crippen molar-refractivity contribution in [3.8, 4) is 5.75 Å². The first kappa shape index (κ1) is 29.8. The van der Waals surface area contributed by atoms with Gasteiger partial charge in [-0.25, -0.2) is 9.59 Å². The van der Waals surface area contributed by atoms with Gasteiger partial charge < -0.3 is 25.5 Å². The Kier molecular flexibility index (Phi) is 12.7. The van der Waals surface area contributed by atoms with Crippen LogP contribution in [0.15, 0.2) is 60.7 Å². The molecule has 0 unspecified atom stereocenters. The number of benzene rings is 2. The maximum absolute atomic E-state index is 10.5. The van der Waals surface area contributed by atoms with Crippen LogP contribution in [0.3, 0.4) is 0 Å². The van der Waals surface area contributed by atoms with Gasteiger partial charge in [0, 0.05) is 35.7 Å². The Morgan fingerprint density at radius 2 is 1.43 bits per heavy atom. The van der Waals surface area contributed by atoms with Crippen molar-refractivity contribution in [3.63, 3.8) is 0 Å². The fourth-order valence-electron chi connectivity index (χ4n) is 3.89. The van der Waals surface area contributed by atoms with E-state index in [9.17, 15) is 24.9 Å². The van der Waals surface area contributed by atoms with Crippen LogP contribution in [0.1, 0.15) is 62.8 Å². The summed E-state index contributed by atoms with van der Waals surface area (Å²) in [5.74, 6) is -2.28. The van der Waals surface area contributed by atoms with E-state index in [2.05, 4.69) is 44.7 Å². The number of carboxylic acids is 2. The van der Waals surface area contributed by atoms with Gasteiger partial charge in [-0.3, -0.25) is 4.90 Å². The van der Waals surface area contributed by atoms with Gasteiger partial charge >= 0.3 is 11.9 Å². The third-order valence-corrected chi connectivity index (χ3v) is 5.56. The lowest BCUT2D eigenvalue weighted by atomic mass is 9.86. The summed E-state index contributed by atoms with van der Waals surface area (Å²) in [6.07, 6.45) is 1.03. The minimum atomic E-state index is -1.26. The highest BCUT2D eigenvalue weighted by atomic mass is 16.4. The Balaban J connectivity index is 0.000000658. The number of aliphatic hydroxyl groups is 2. The minimum Gasteiger partial charge on any atom is -0.508 e. The maximum Gasteiger partial charge on any atom is 0.328 e. The first-order valence-corrected chi connectivity index (χ1v) is 11.5. The van der Waals surface area contributed by atoms with Crippen LogP contribution in [-0.2, 0) is 9.59 Å². The van der Waals surface area contributed by atoms with Crippen LogP contribution in [0.4, 0.5) is 0 Å². The van der Waals surface area contributed by atoms with Crippen LogP contribution in [0.2, 0.25) is 0 Å². The molecule has 2 rings (SSSR count). The molecule has 0 aliphatic carbocycles. The van der Waals surface area contributed by atoms with Gasteiger partial charge in [0.2, 0.25) is 0 Å². The zero-order valence-electron chi connectivity index (χ0n) is 20.7. The molecule has 2 aromatic carbocycles. The molecule has 8 nitrogen and oxygen atoms in total. The number of phenols is 1. The average molecular weight is 488 g/mol. The molecule has 0 saturated carbocycles. The Morgan fingerprint density at radius 3 is 1.89 bits per heavy atom. The van der Waals surface area contributed by atoms with Gasteiger partial charge in [0.05, 0.1) is 6.61 Å². The minimum absolute atomic E-state index is 0.0112. The number of nitrogens with zero attached hydrogens (tertiary/aromatic N) is 1. The van der Waals surface area contributed by atoms with E-state index >= 15 is 0 Å². The summed E-state index contributed by atoms with van der Waals surface area (Å²) in [4.78, 5) is 21.6. The van der Waals surface area contributed by atoms with Gasteiger partial charge in [-0.05, 0) is 63.9 Å². The van der Waals surface area contributed by atoms with E-state index in [1.165, 1.54) is 0 Å². The van der Waals surface area contributed by atoms with Gasteiger partial charge in [-0.15, -0.1) is 0 Å². The summed E-state index contributed by atoms with van der Waals surface area (Å²) in [5, 5.41) is 45.5. The number of hydrogen-bond acceptors (Lipinski definition) is 6. The van der Waals surface area contributed by atoms with Gasteiger partial charge in [-0.2, -0.15) is 0 Å². The van der Waals surface area contributed by atoms with Crippen molar-refractivity contribution in [2.24, 2.45) is 0 Å². The molecule has 0 amide bonds.